The Balaban J connectivity index is 1.39. The van der Waals surface area contributed by atoms with Gasteiger partial charge in [0.2, 0.25) is 0 Å². The normalized spacial score (nSPS) is 35.5. The first kappa shape index (κ1) is 17.7. The van der Waals surface area contributed by atoms with Crippen LogP contribution in [0.5, 0.6) is 0 Å². The summed E-state index contributed by atoms with van der Waals surface area (Å²) in [5.74, 6) is -0.853. The van der Waals surface area contributed by atoms with Gasteiger partial charge in [-0.25, -0.2) is 9.18 Å². The summed E-state index contributed by atoms with van der Waals surface area (Å²) in [6.45, 7) is 4.20. The zero-order chi connectivity index (χ0) is 18.3. The van der Waals surface area contributed by atoms with Crippen LogP contribution in [0.2, 0.25) is 0 Å². The molecule has 0 saturated carbocycles. The number of halogens is 1. The number of nitrogens with zero attached hydrogens (tertiary/aromatic N) is 1. The van der Waals surface area contributed by atoms with Gasteiger partial charge in [-0.3, -0.25) is 0 Å². The first-order valence-electron chi connectivity index (χ1n) is 9.07. The summed E-state index contributed by atoms with van der Waals surface area (Å²) in [6, 6.07) is 9.11. The van der Waals surface area contributed by atoms with Crippen molar-refractivity contribution >= 4 is 6.09 Å². The van der Waals surface area contributed by atoms with Gasteiger partial charge in [0.25, 0.3) is 0 Å². The van der Waals surface area contributed by atoms with Crippen molar-refractivity contribution in [2.45, 2.75) is 69.8 Å². The highest BCUT2D eigenvalue weighted by atomic mass is 19.1. The Morgan fingerprint density at radius 2 is 2.04 bits per heavy atom. The molecule has 1 aromatic rings. The predicted molar refractivity (Wildman–Crippen MR) is 89.9 cm³/mol. The lowest BCUT2D eigenvalue weighted by Gasteiger charge is -2.31. The Morgan fingerprint density at radius 1 is 1.27 bits per heavy atom. The number of alkyl halides is 1. The molecule has 0 N–H and O–H groups in total. The largest absolute Gasteiger partial charge is 0.445 e. The van der Waals surface area contributed by atoms with Gasteiger partial charge in [-0.05, 0) is 32.3 Å². The zero-order valence-electron chi connectivity index (χ0n) is 15.0. The molecule has 3 aliphatic rings. The number of ether oxygens (including phenoxy) is 4. The number of rotatable bonds is 3. The second-order valence-electron chi connectivity index (χ2n) is 7.46. The number of hydrogen-bond donors (Lipinski definition) is 0. The van der Waals surface area contributed by atoms with Crippen LogP contribution in [-0.2, 0) is 25.6 Å². The van der Waals surface area contributed by atoms with Gasteiger partial charge < -0.3 is 23.8 Å². The highest BCUT2D eigenvalue weighted by Crippen LogP contribution is 2.42. The van der Waals surface area contributed by atoms with Crippen LogP contribution in [0, 0.1) is 0 Å². The van der Waals surface area contributed by atoms with Gasteiger partial charge in [0.05, 0.1) is 6.04 Å². The molecule has 3 heterocycles. The molecule has 5 atom stereocenters. The summed E-state index contributed by atoms with van der Waals surface area (Å²) >= 11 is 0. The van der Waals surface area contributed by atoms with Gasteiger partial charge in [0, 0.05) is 6.54 Å². The molecule has 0 spiro atoms. The molecular weight excluding hydrogens is 341 g/mol. The van der Waals surface area contributed by atoms with Crippen LogP contribution in [0.25, 0.3) is 0 Å². The maximum absolute atomic E-state index is 14.9. The number of likely N-dealkylation sites (tertiary alicyclic amines) is 1. The third-order valence-electron chi connectivity index (χ3n) is 5.13. The van der Waals surface area contributed by atoms with Crippen LogP contribution in [-0.4, -0.2) is 54.0 Å². The molecule has 7 heteroatoms. The molecule has 142 valence electrons. The number of fused-ring (bicyclic) bond motifs is 1. The van der Waals surface area contributed by atoms with E-state index in [9.17, 15) is 9.18 Å². The van der Waals surface area contributed by atoms with Crippen LogP contribution in [0.4, 0.5) is 9.18 Å². The second kappa shape index (κ2) is 6.79. The van der Waals surface area contributed by atoms with Crippen LogP contribution < -0.4 is 0 Å². The van der Waals surface area contributed by atoms with Crippen molar-refractivity contribution in [3.8, 4) is 0 Å². The van der Waals surface area contributed by atoms with E-state index in [1.165, 1.54) is 0 Å². The Kier molecular flexibility index (Phi) is 4.62. The highest BCUT2D eigenvalue weighted by molar-refractivity contribution is 5.68. The van der Waals surface area contributed by atoms with E-state index in [1.807, 2.05) is 30.3 Å². The standard InChI is InChI=1S/C19H24FNO5/c1-19(2)25-16-14(20)15(24-17(16)26-19)13-9-6-10-21(13)18(22)23-11-12-7-4-3-5-8-12/h3-5,7-8,13-17H,6,9-11H2,1-2H3/t13-,14+,15-,16-,17-/m1/s1. The fourth-order valence-corrected chi connectivity index (χ4v) is 3.96. The minimum Gasteiger partial charge on any atom is -0.445 e. The number of hydrogen-bond acceptors (Lipinski definition) is 5. The number of amides is 1. The fourth-order valence-electron chi connectivity index (χ4n) is 3.96. The van der Waals surface area contributed by atoms with Crippen molar-refractivity contribution in [2.24, 2.45) is 0 Å². The summed E-state index contributed by atoms with van der Waals surface area (Å²) in [5, 5.41) is 0. The van der Waals surface area contributed by atoms with E-state index < -0.39 is 36.5 Å². The average molecular weight is 365 g/mol. The van der Waals surface area contributed by atoms with Crippen LogP contribution in [0.1, 0.15) is 32.3 Å². The minimum atomic E-state index is -1.34. The van der Waals surface area contributed by atoms with Crippen molar-refractivity contribution in [3.63, 3.8) is 0 Å². The molecule has 6 nitrogen and oxygen atoms in total. The van der Waals surface area contributed by atoms with Crippen molar-refractivity contribution in [1.82, 2.24) is 4.90 Å². The van der Waals surface area contributed by atoms with Gasteiger partial charge in [-0.15, -0.1) is 0 Å². The van der Waals surface area contributed by atoms with E-state index in [-0.39, 0.29) is 12.6 Å². The molecule has 3 aliphatic heterocycles. The van der Waals surface area contributed by atoms with Gasteiger partial charge in [-0.2, -0.15) is 0 Å². The molecular formula is C19H24FNO5. The fraction of sp³-hybridized carbons (Fsp3) is 0.632. The highest BCUT2D eigenvalue weighted by Gasteiger charge is 2.58. The third-order valence-corrected chi connectivity index (χ3v) is 5.13. The lowest BCUT2D eigenvalue weighted by molar-refractivity contribution is -0.215. The van der Waals surface area contributed by atoms with Crippen molar-refractivity contribution in [3.05, 3.63) is 35.9 Å². The molecule has 26 heavy (non-hydrogen) atoms. The Hall–Kier alpha value is -1.70. The average Bonchev–Trinajstić information content (AvgIpc) is 3.28. The molecule has 3 saturated heterocycles. The van der Waals surface area contributed by atoms with Gasteiger partial charge in [0.1, 0.15) is 18.8 Å². The molecule has 4 rings (SSSR count). The van der Waals surface area contributed by atoms with E-state index >= 15 is 0 Å². The summed E-state index contributed by atoms with van der Waals surface area (Å²) in [6.07, 6.45) is -2.55. The predicted octanol–water partition coefficient (Wildman–Crippen LogP) is 3.00. The van der Waals surface area contributed by atoms with Crippen LogP contribution >= 0.6 is 0 Å². The number of benzene rings is 1. The van der Waals surface area contributed by atoms with Crippen molar-refractivity contribution in [1.29, 1.82) is 0 Å². The van der Waals surface area contributed by atoms with Gasteiger partial charge in [-0.1, -0.05) is 30.3 Å². The third kappa shape index (κ3) is 3.31. The monoisotopic (exact) mass is 365 g/mol. The van der Waals surface area contributed by atoms with Gasteiger partial charge in [0.15, 0.2) is 18.2 Å². The van der Waals surface area contributed by atoms with E-state index in [0.29, 0.717) is 13.0 Å². The van der Waals surface area contributed by atoms with Crippen molar-refractivity contribution < 1.29 is 28.1 Å². The van der Waals surface area contributed by atoms with E-state index in [4.69, 9.17) is 18.9 Å². The lowest BCUT2D eigenvalue weighted by Crippen LogP contribution is -2.47. The SMILES string of the molecule is CC1(C)O[C@H]2O[C@H]([C@H]3CCCN3C(=O)OCc3ccccc3)[C@H](F)[C@H]2O1. The quantitative estimate of drug-likeness (QED) is 0.824. The first-order valence-corrected chi connectivity index (χ1v) is 9.07. The minimum absolute atomic E-state index is 0.194. The summed E-state index contributed by atoms with van der Waals surface area (Å²) in [4.78, 5) is 14.1. The molecule has 0 radical (unpaired) electrons. The maximum atomic E-state index is 14.9. The molecule has 0 aromatic heterocycles. The number of carbonyl (C=O) groups excluding carboxylic acids is 1. The van der Waals surface area contributed by atoms with Crippen LogP contribution in [0.3, 0.4) is 0 Å². The summed E-state index contributed by atoms with van der Waals surface area (Å²) < 4.78 is 37.4. The van der Waals surface area contributed by atoms with Crippen LogP contribution in [0.15, 0.2) is 30.3 Å². The summed E-state index contributed by atoms with van der Waals surface area (Å²) in [7, 11) is 0. The van der Waals surface area contributed by atoms with E-state index in [1.54, 1.807) is 18.7 Å². The van der Waals surface area contributed by atoms with Crippen molar-refractivity contribution in [2.75, 3.05) is 6.54 Å². The zero-order valence-corrected chi connectivity index (χ0v) is 15.0. The van der Waals surface area contributed by atoms with E-state index in [0.717, 1.165) is 12.0 Å². The molecule has 3 fully saturated rings. The number of carbonyl (C=O) groups is 1. The smallest absolute Gasteiger partial charge is 0.410 e. The first-order chi connectivity index (χ1) is 12.4. The Bertz CT molecular complexity index is 655. The summed E-state index contributed by atoms with van der Waals surface area (Å²) in [5.41, 5.74) is 0.913. The van der Waals surface area contributed by atoms with E-state index in [2.05, 4.69) is 0 Å². The molecule has 1 aromatic carbocycles. The molecule has 1 amide bonds. The second-order valence-corrected chi connectivity index (χ2v) is 7.46. The van der Waals surface area contributed by atoms with Gasteiger partial charge >= 0.3 is 6.09 Å². The maximum Gasteiger partial charge on any atom is 0.410 e. The Labute approximate surface area is 152 Å². The topological polar surface area (TPSA) is 57.2 Å². The Morgan fingerprint density at radius 3 is 2.77 bits per heavy atom. The molecule has 0 unspecified atom stereocenters. The molecule has 0 aliphatic carbocycles. The lowest BCUT2D eigenvalue weighted by atomic mass is 10.0. The molecule has 0 bridgehead atoms.